The molecule has 3 aliphatic rings. The van der Waals surface area contributed by atoms with Crippen LogP contribution in [0.1, 0.15) is 32.6 Å². The Morgan fingerprint density at radius 2 is 1.88 bits per heavy atom. The number of phenols is 1. The van der Waals surface area contributed by atoms with Crippen LogP contribution < -0.4 is 20.8 Å². The number of pyridine rings is 1. The van der Waals surface area contributed by atoms with E-state index in [4.69, 9.17) is 10.6 Å². The lowest BCUT2D eigenvalue weighted by molar-refractivity contribution is 0.278. The highest BCUT2D eigenvalue weighted by molar-refractivity contribution is 6.00. The van der Waals surface area contributed by atoms with Gasteiger partial charge >= 0.3 is 6.01 Å². The standard InChI is InChI=1S/C24H21F2N5O2.C5H12N2/c1-33-24-29-22-17(23(30-24)31-10-13-5-6-14(11-31)28-13)9-27-21(20(22)26)16-8-15(32)7-12-3-2-4-18(25)19(12)16;1-5-3-2-4-7(5)6/h2-4,7-9,13-14,28,32H,5-6,10-11H2,1H3;5H,2-4,6H2,1H3. The Labute approximate surface area is 230 Å². The summed E-state index contributed by atoms with van der Waals surface area (Å²) in [5, 5.41) is 16.8. The molecule has 2 aromatic heterocycles. The predicted molar refractivity (Wildman–Crippen MR) is 150 cm³/mol. The summed E-state index contributed by atoms with van der Waals surface area (Å²) >= 11 is 0. The Bertz CT molecular complexity index is 1550. The maximum Gasteiger partial charge on any atom is 0.318 e. The minimum Gasteiger partial charge on any atom is -0.508 e. The van der Waals surface area contributed by atoms with Crippen molar-refractivity contribution in [3.05, 3.63) is 48.2 Å². The number of methoxy groups -OCH3 is 1. The van der Waals surface area contributed by atoms with E-state index in [-0.39, 0.29) is 33.9 Å². The van der Waals surface area contributed by atoms with E-state index in [1.54, 1.807) is 6.07 Å². The third-order valence-corrected chi connectivity index (χ3v) is 8.11. The van der Waals surface area contributed by atoms with Gasteiger partial charge < -0.3 is 20.1 Å². The van der Waals surface area contributed by atoms with E-state index < -0.39 is 11.6 Å². The molecular formula is C29H33F2N7O2. The zero-order chi connectivity index (χ0) is 28.0. The third-order valence-electron chi connectivity index (χ3n) is 8.11. The topological polar surface area (TPSA) is 113 Å². The molecule has 3 aliphatic heterocycles. The summed E-state index contributed by atoms with van der Waals surface area (Å²) in [6.45, 7) is 4.74. The minimum absolute atomic E-state index is 0.0422. The van der Waals surface area contributed by atoms with Gasteiger partial charge in [-0.1, -0.05) is 12.1 Å². The van der Waals surface area contributed by atoms with Gasteiger partial charge in [0.15, 0.2) is 5.82 Å². The van der Waals surface area contributed by atoms with E-state index in [9.17, 15) is 9.50 Å². The largest absolute Gasteiger partial charge is 0.508 e. The fraction of sp³-hybridized carbons (Fsp3) is 0.414. The molecule has 3 unspecified atom stereocenters. The number of nitrogens with one attached hydrogen (secondary N) is 1. The number of aromatic hydroxyl groups is 1. The molecule has 40 heavy (non-hydrogen) atoms. The quantitative estimate of drug-likeness (QED) is 0.325. The molecule has 9 nitrogen and oxygen atoms in total. The van der Waals surface area contributed by atoms with Crippen LogP contribution in [0.15, 0.2) is 36.5 Å². The highest BCUT2D eigenvalue weighted by atomic mass is 19.1. The van der Waals surface area contributed by atoms with E-state index in [0.29, 0.717) is 34.7 Å². The number of nitrogens with two attached hydrogens (primary N) is 1. The maximum atomic E-state index is 15.9. The lowest BCUT2D eigenvalue weighted by Crippen LogP contribution is -2.51. The number of phenolic OH excluding ortho intramolecular Hbond substituents is 1. The monoisotopic (exact) mass is 549 g/mol. The number of fused-ring (bicyclic) bond motifs is 4. The smallest absolute Gasteiger partial charge is 0.318 e. The zero-order valence-electron chi connectivity index (χ0n) is 22.6. The van der Waals surface area contributed by atoms with Crippen molar-refractivity contribution in [3.63, 3.8) is 0 Å². The fourth-order valence-electron chi connectivity index (χ4n) is 6.02. The Morgan fingerprint density at radius 3 is 2.52 bits per heavy atom. The van der Waals surface area contributed by atoms with Crippen LogP contribution in [0.25, 0.3) is 32.9 Å². The first-order valence-electron chi connectivity index (χ1n) is 13.7. The summed E-state index contributed by atoms with van der Waals surface area (Å²) in [5.41, 5.74) is 0.1000. The van der Waals surface area contributed by atoms with Gasteiger partial charge in [-0.05, 0) is 56.2 Å². The Kier molecular flexibility index (Phi) is 7.11. The summed E-state index contributed by atoms with van der Waals surface area (Å²) in [5.74, 6) is 4.73. The van der Waals surface area contributed by atoms with Crippen molar-refractivity contribution in [1.29, 1.82) is 0 Å². The molecule has 3 saturated heterocycles. The molecule has 11 heteroatoms. The Hall–Kier alpha value is -3.67. The number of anilines is 1. The van der Waals surface area contributed by atoms with Crippen LogP contribution in [0, 0.1) is 11.6 Å². The predicted octanol–water partition coefficient (Wildman–Crippen LogP) is 4.12. The van der Waals surface area contributed by atoms with Crippen LogP contribution in [-0.4, -0.2) is 69.9 Å². The summed E-state index contributed by atoms with van der Waals surface area (Å²) in [6, 6.07) is 8.63. The summed E-state index contributed by atoms with van der Waals surface area (Å²) in [6.07, 6.45) is 6.25. The van der Waals surface area contributed by atoms with Gasteiger partial charge in [0.2, 0.25) is 0 Å². The van der Waals surface area contributed by atoms with E-state index in [2.05, 4.69) is 32.1 Å². The third kappa shape index (κ3) is 4.89. The number of ether oxygens (including phenoxy) is 1. The summed E-state index contributed by atoms with van der Waals surface area (Å²) < 4.78 is 35.9. The Morgan fingerprint density at radius 1 is 1.10 bits per heavy atom. The van der Waals surface area contributed by atoms with Gasteiger partial charge in [0.25, 0.3) is 0 Å². The van der Waals surface area contributed by atoms with Gasteiger partial charge in [0.1, 0.15) is 28.6 Å². The lowest BCUT2D eigenvalue weighted by Gasteiger charge is -2.34. The number of nitrogens with zero attached hydrogens (tertiary/aromatic N) is 5. The SMILES string of the molecule is CC1CCCN1N.COc1nc(N2CC3CCC(C2)N3)c2cnc(-c3cc(O)cc4cccc(F)c34)c(F)c2n1. The average molecular weight is 550 g/mol. The number of hydrazine groups is 1. The van der Waals surface area contributed by atoms with Crippen molar-refractivity contribution in [2.75, 3.05) is 31.6 Å². The molecule has 0 saturated carbocycles. The highest BCUT2D eigenvalue weighted by Gasteiger charge is 2.34. The first kappa shape index (κ1) is 26.5. The first-order valence-corrected chi connectivity index (χ1v) is 13.7. The van der Waals surface area contributed by atoms with Crippen LogP contribution in [0.3, 0.4) is 0 Å². The fourth-order valence-corrected chi connectivity index (χ4v) is 6.02. The second-order valence-corrected chi connectivity index (χ2v) is 10.8. The van der Waals surface area contributed by atoms with Crippen molar-refractivity contribution in [2.45, 2.75) is 50.7 Å². The second kappa shape index (κ2) is 10.7. The van der Waals surface area contributed by atoms with Crippen LogP contribution in [-0.2, 0) is 0 Å². The maximum absolute atomic E-state index is 15.9. The molecule has 2 bridgehead atoms. The molecule has 210 valence electrons. The molecule has 0 aliphatic carbocycles. The molecule has 0 radical (unpaired) electrons. The zero-order valence-corrected chi connectivity index (χ0v) is 22.6. The van der Waals surface area contributed by atoms with Crippen molar-refractivity contribution < 1.29 is 18.6 Å². The lowest BCUT2D eigenvalue weighted by atomic mass is 9.99. The molecule has 4 aromatic rings. The van der Waals surface area contributed by atoms with Gasteiger partial charge in [-0.15, -0.1) is 0 Å². The van der Waals surface area contributed by atoms with Crippen molar-refractivity contribution in [3.8, 4) is 23.0 Å². The van der Waals surface area contributed by atoms with Gasteiger partial charge in [-0.2, -0.15) is 9.97 Å². The van der Waals surface area contributed by atoms with Gasteiger partial charge in [-0.25, -0.2) is 13.8 Å². The molecule has 2 aromatic carbocycles. The molecule has 5 heterocycles. The van der Waals surface area contributed by atoms with Crippen molar-refractivity contribution >= 4 is 27.5 Å². The van der Waals surface area contributed by atoms with Crippen LogP contribution in [0.2, 0.25) is 0 Å². The Balaban J connectivity index is 0.000000363. The van der Waals surface area contributed by atoms with E-state index in [0.717, 1.165) is 32.5 Å². The molecule has 3 atom stereocenters. The molecular weight excluding hydrogens is 516 g/mol. The van der Waals surface area contributed by atoms with Crippen molar-refractivity contribution in [2.24, 2.45) is 5.84 Å². The molecule has 0 spiro atoms. The number of halogens is 2. The van der Waals surface area contributed by atoms with Crippen LogP contribution >= 0.6 is 0 Å². The van der Waals surface area contributed by atoms with E-state index >= 15 is 4.39 Å². The van der Waals surface area contributed by atoms with Crippen LogP contribution in [0.5, 0.6) is 11.8 Å². The number of benzene rings is 2. The number of rotatable bonds is 3. The molecule has 7 rings (SSSR count). The molecule has 0 amide bonds. The molecule has 3 fully saturated rings. The average Bonchev–Trinajstić information content (AvgIpc) is 3.49. The number of hydrogen-bond acceptors (Lipinski definition) is 9. The normalized spacial score (nSPS) is 22.5. The van der Waals surface area contributed by atoms with Crippen LogP contribution in [0.4, 0.5) is 14.6 Å². The summed E-state index contributed by atoms with van der Waals surface area (Å²) in [7, 11) is 1.44. The number of hydrogen-bond donors (Lipinski definition) is 3. The van der Waals surface area contributed by atoms with Crippen molar-refractivity contribution in [1.82, 2.24) is 25.3 Å². The minimum atomic E-state index is -0.720. The van der Waals surface area contributed by atoms with Gasteiger partial charge in [-0.3, -0.25) is 10.8 Å². The van der Waals surface area contributed by atoms with Gasteiger partial charge in [0, 0.05) is 54.9 Å². The summed E-state index contributed by atoms with van der Waals surface area (Å²) in [4.78, 5) is 15.3. The van der Waals surface area contributed by atoms with Gasteiger partial charge in [0.05, 0.1) is 12.5 Å². The molecule has 4 N–H and O–H groups in total. The van der Waals surface area contributed by atoms with E-state index in [1.807, 2.05) is 5.01 Å². The van der Waals surface area contributed by atoms with E-state index in [1.165, 1.54) is 50.4 Å². The highest BCUT2D eigenvalue weighted by Crippen LogP contribution is 2.38. The number of aromatic nitrogens is 3. The first-order chi connectivity index (χ1) is 19.3. The second-order valence-electron chi connectivity index (χ2n) is 10.8. The number of piperazine rings is 1.